The Labute approximate surface area is 182 Å². The predicted octanol–water partition coefficient (Wildman–Crippen LogP) is 5.13. The number of sulfonamides is 1. The van der Waals surface area contributed by atoms with Gasteiger partial charge in [-0.15, -0.1) is 10.2 Å². The van der Waals surface area contributed by atoms with Crippen LogP contribution in [-0.4, -0.2) is 25.2 Å². The van der Waals surface area contributed by atoms with Crippen molar-refractivity contribution in [1.82, 2.24) is 10.2 Å². The maximum atomic E-state index is 12.9. The van der Waals surface area contributed by atoms with Crippen molar-refractivity contribution in [2.75, 3.05) is 11.3 Å². The van der Waals surface area contributed by atoms with Gasteiger partial charge in [-0.05, 0) is 47.0 Å². The number of aromatic nitrogens is 2. The Kier molecular flexibility index (Phi) is 5.86. The molecule has 0 saturated heterocycles. The van der Waals surface area contributed by atoms with Crippen LogP contribution in [0.2, 0.25) is 0 Å². The van der Waals surface area contributed by atoms with Crippen LogP contribution < -0.4 is 9.46 Å². The molecule has 0 aliphatic heterocycles. The number of anilines is 1. The van der Waals surface area contributed by atoms with E-state index in [2.05, 4.69) is 28.8 Å². The Bertz CT molecular complexity index is 1300. The van der Waals surface area contributed by atoms with Crippen molar-refractivity contribution >= 4 is 26.5 Å². The lowest BCUT2D eigenvalue weighted by Gasteiger charge is -2.11. The van der Waals surface area contributed by atoms with Gasteiger partial charge in [0.2, 0.25) is 5.88 Å². The lowest BCUT2D eigenvalue weighted by atomic mass is 10.1. The minimum absolute atomic E-state index is 0.211. The van der Waals surface area contributed by atoms with Crippen molar-refractivity contribution in [3.05, 3.63) is 78.9 Å². The minimum Gasteiger partial charge on any atom is -0.476 e. The number of hydrogen-bond donors (Lipinski definition) is 1. The summed E-state index contributed by atoms with van der Waals surface area (Å²) in [4.78, 5) is 0.211. The van der Waals surface area contributed by atoms with Crippen molar-refractivity contribution in [3.8, 4) is 17.1 Å². The number of nitrogens with one attached hydrogen (secondary N) is 1. The summed E-state index contributed by atoms with van der Waals surface area (Å²) in [5.41, 5.74) is 1.83. The van der Waals surface area contributed by atoms with Gasteiger partial charge in [0.1, 0.15) is 0 Å². The molecule has 0 amide bonds. The summed E-state index contributed by atoms with van der Waals surface area (Å²) >= 11 is 0. The number of hydrogen-bond acceptors (Lipinski definition) is 5. The molecule has 1 aromatic heterocycles. The summed E-state index contributed by atoms with van der Waals surface area (Å²) in [5, 5.41) is 10.2. The summed E-state index contributed by atoms with van der Waals surface area (Å²) in [6, 6.07) is 23.4. The van der Waals surface area contributed by atoms with Gasteiger partial charge in [-0.3, -0.25) is 4.72 Å². The van der Waals surface area contributed by atoms with E-state index in [0.29, 0.717) is 29.8 Å². The Morgan fingerprint density at radius 1 is 0.871 bits per heavy atom. The lowest BCUT2D eigenvalue weighted by molar-refractivity contribution is 0.258. The first-order valence-corrected chi connectivity index (χ1v) is 11.5. The van der Waals surface area contributed by atoms with Crippen molar-refractivity contribution in [2.24, 2.45) is 5.92 Å². The highest BCUT2D eigenvalue weighted by Crippen LogP contribution is 2.25. The molecule has 0 radical (unpaired) electrons. The summed E-state index contributed by atoms with van der Waals surface area (Å²) in [6.45, 7) is 4.69. The fourth-order valence-electron chi connectivity index (χ4n) is 3.09. The third-order valence-electron chi connectivity index (χ3n) is 4.65. The predicted molar refractivity (Wildman–Crippen MR) is 123 cm³/mol. The molecule has 0 aliphatic rings. The van der Waals surface area contributed by atoms with E-state index < -0.39 is 10.0 Å². The second-order valence-corrected chi connectivity index (χ2v) is 9.34. The summed E-state index contributed by atoms with van der Waals surface area (Å²) in [5.74, 6) is 0.861. The molecule has 0 atom stereocenters. The molecule has 3 aromatic carbocycles. The smallest absolute Gasteiger partial charge is 0.261 e. The first-order valence-electron chi connectivity index (χ1n) is 9.99. The number of benzene rings is 3. The molecule has 0 bridgehead atoms. The molecular formula is C24H23N3O3S. The Morgan fingerprint density at radius 3 is 2.42 bits per heavy atom. The Morgan fingerprint density at radius 2 is 1.68 bits per heavy atom. The third kappa shape index (κ3) is 5.00. The lowest BCUT2D eigenvalue weighted by Crippen LogP contribution is -2.12. The maximum Gasteiger partial charge on any atom is 0.261 e. The molecule has 0 spiro atoms. The number of ether oxygens (including phenoxy) is 1. The highest BCUT2D eigenvalue weighted by molar-refractivity contribution is 7.92. The molecular weight excluding hydrogens is 410 g/mol. The molecule has 158 valence electrons. The summed E-state index contributed by atoms with van der Waals surface area (Å²) in [7, 11) is -3.73. The van der Waals surface area contributed by atoms with Crippen LogP contribution in [0, 0.1) is 5.92 Å². The fourth-order valence-corrected chi connectivity index (χ4v) is 4.18. The van der Waals surface area contributed by atoms with E-state index in [4.69, 9.17) is 4.74 Å². The van der Waals surface area contributed by atoms with Crippen LogP contribution in [0.25, 0.3) is 22.0 Å². The van der Waals surface area contributed by atoms with Gasteiger partial charge in [-0.25, -0.2) is 8.42 Å². The van der Waals surface area contributed by atoms with Gasteiger partial charge in [0.15, 0.2) is 0 Å². The molecule has 31 heavy (non-hydrogen) atoms. The number of fused-ring (bicyclic) bond motifs is 1. The second-order valence-electron chi connectivity index (χ2n) is 7.66. The minimum atomic E-state index is -3.73. The standard InChI is InChI=1S/C24H23N3O3S/c1-17(2)16-30-24-13-12-23(25-26-24)20-8-5-9-21(14-20)27-31(28,29)22-11-10-18-6-3-4-7-19(18)15-22/h3-15,17,27H,16H2,1-2H3. The average molecular weight is 434 g/mol. The Balaban J connectivity index is 1.55. The van der Waals surface area contributed by atoms with E-state index in [0.717, 1.165) is 16.3 Å². The zero-order valence-corrected chi connectivity index (χ0v) is 18.1. The Hall–Kier alpha value is -3.45. The van der Waals surface area contributed by atoms with E-state index in [1.165, 1.54) is 0 Å². The molecule has 0 unspecified atom stereocenters. The van der Waals surface area contributed by atoms with Gasteiger partial charge in [0.05, 0.1) is 17.2 Å². The molecule has 6 nitrogen and oxygen atoms in total. The highest BCUT2D eigenvalue weighted by Gasteiger charge is 2.15. The number of rotatable bonds is 7. The molecule has 7 heteroatoms. The zero-order chi connectivity index (χ0) is 21.8. The second kappa shape index (κ2) is 8.73. The third-order valence-corrected chi connectivity index (χ3v) is 6.03. The van der Waals surface area contributed by atoms with Crippen LogP contribution in [0.1, 0.15) is 13.8 Å². The van der Waals surface area contributed by atoms with Crippen LogP contribution in [0.5, 0.6) is 5.88 Å². The van der Waals surface area contributed by atoms with E-state index in [1.807, 2.05) is 30.3 Å². The van der Waals surface area contributed by atoms with E-state index >= 15 is 0 Å². The van der Waals surface area contributed by atoms with Gasteiger partial charge in [-0.2, -0.15) is 0 Å². The van der Waals surface area contributed by atoms with E-state index in [9.17, 15) is 8.42 Å². The van der Waals surface area contributed by atoms with Gasteiger partial charge in [0.25, 0.3) is 10.0 Å². The van der Waals surface area contributed by atoms with Crippen LogP contribution in [0.4, 0.5) is 5.69 Å². The number of nitrogens with zero attached hydrogens (tertiary/aromatic N) is 2. The van der Waals surface area contributed by atoms with Gasteiger partial charge >= 0.3 is 0 Å². The summed E-state index contributed by atoms with van der Waals surface area (Å²) < 4.78 is 34.0. The molecule has 0 aliphatic carbocycles. The first-order chi connectivity index (χ1) is 14.9. The van der Waals surface area contributed by atoms with Crippen LogP contribution in [0.3, 0.4) is 0 Å². The van der Waals surface area contributed by atoms with Crippen molar-refractivity contribution in [2.45, 2.75) is 18.7 Å². The monoisotopic (exact) mass is 433 g/mol. The molecule has 1 N–H and O–H groups in total. The van der Waals surface area contributed by atoms with E-state index in [-0.39, 0.29) is 4.90 Å². The molecule has 0 saturated carbocycles. The normalized spacial score (nSPS) is 11.6. The maximum absolute atomic E-state index is 12.9. The van der Waals surface area contributed by atoms with E-state index in [1.54, 1.807) is 48.5 Å². The highest BCUT2D eigenvalue weighted by atomic mass is 32.2. The first kappa shape index (κ1) is 20.8. The van der Waals surface area contributed by atoms with Crippen LogP contribution in [-0.2, 0) is 10.0 Å². The summed E-state index contributed by atoms with van der Waals surface area (Å²) in [6.07, 6.45) is 0. The molecule has 4 rings (SSSR count). The zero-order valence-electron chi connectivity index (χ0n) is 17.3. The topological polar surface area (TPSA) is 81.2 Å². The average Bonchev–Trinajstić information content (AvgIpc) is 2.77. The molecule has 0 fully saturated rings. The van der Waals surface area contributed by atoms with Gasteiger partial charge in [-0.1, -0.05) is 56.3 Å². The fraction of sp³-hybridized carbons (Fsp3) is 0.167. The van der Waals surface area contributed by atoms with Gasteiger partial charge in [0, 0.05) is 17.3 Å². The quantitative estimate of drug-likeness (QED) is 0.437. The largest absolute Gasteiger partial charge is 0.476 e. The SMILES string of the molecule is CC(C)COc1ccc(-c2cccc(NS(=O)(=O)c3ccc4ccccc4c3)c2)nn1. The van der Waals surface area contributed by atoms with Crippen LogP contribution in [0.15, 0.2) is 83.8 Å². The van der Waals surface area contributed by atoms with Crippen molar-refractivity contribution < 1.29 is 13.2 Å². The van der Waals surface area contributed by atoms with Crippen molar-refractivity contribution in [3.63, 3.8) is 0 Å². The molecule has 1 heterocycles. The van der Waals surface area contributed by atoms with Gasteiger partial charge < -0.3 is 4.74 Å². The van der Waals surface area contributed by atoms with Crippen LogP contribution >= 0.6 is 0 Å². The molecule has 4 aromatic rings. The van der Waals surface area contributed by atoms with Crippen molar-refractivity contribution in [1.29, 1.82) is 0 Å².